The Balaban J connectivity index is 2.57. The Kier molecular flexibility index (Phi) is 2.84. The van der Waals surface area contributed by atoms with Crippen molar-refractivity contribution in [3.05, 3.63) is 0 Å². The molecule has 0 spiro atoms. The predicted molar refractivity (Wildman–Crippen MR) is 38.1 cm³/mol. The lowest BCUT2D eigenvalue weighted by molar-refractivity contribution is -0.394. The summed E-state index contributed by atoms with van der Waals surface area (Å²) in [6.45, 7) is 1.73. The summed E-state index contributed by atoms with van der Waals surface area (Å²) >= 11 is 0. The first kappa shape index (κ1) is 8.93. The molecule has 11 heavy (non-hydrogen) atoms. The highest BCUT2D eigenvalue weighted by Crippen LogP contribution is 2.32. The minimum absolute atomic E-state index is 0.402. The van der Waals surface area contributed by atoms with Crippen LogP contribution in [0, 0.1) is 0 Å². The second-order valence-corrected chi connectivity index (χ2v) is 3.24. The topological polar surface area (TPSA) is 58.9 Å². The molecule has 0 heterocycles. The lowest BCUT2D eigenvalue weighted by Gasteiger charge is -2.35. The van der Waals surface area contributed by atoms with Crippen molar-refractivity contribution in [3.8, 4) is 0 Å². The first-order valence-electron chi connectivity index (χ1n) is 3.86. The van der Waals surface area contributed by atoms with Crippen LogP contribution in [0.25, 0.3) is 0 Å². The van der Waals surface area contributed by atoms with Gasteiger partial charge in [-0.15, -0.1) is 0 Å². The maximum Gasteiger partial charge on any atom is 0.130 e. The van der Waals surface area contributed by atoms with E-state index in [0.717, 1.165) is 19.3 Å². The Bertz CT molecular complexity index is 128. The summed E-state index contributed by atoms with van der Waals surface area (Å²) in [4.78, 5) is 8.51. The fourth-order valence-corrected chi connectivity index (χ4v) is 1.54. The van der Waals surface area contributed by atoms with Crippen LogP contribution in [0.1, 0.15) is 32.6 Å². The van der Waals surface area contributed by atoms with Gasteiger partial charge in [0.2, 0.25) is 0 Å². The molecule has 2 unspecified atom stereocenters. The van der Waals surface area contributed by atoms with Crippen LogP contribution >= 0.6 is 0 Å². The van der Waals surface area contributed by atoms with E-state index >= 15 is 0 Å². The molecule has 0 amide bonds. The van der Waals surface area contributed by atoms with Crippen LogP contribution in [0.15, 0.2) is 0 Å². The Hall–Kier alpha value is -0.160. The van der Waals surface area contributed by atoms with Crippen molar-refractivity contribution in [2.45, 2.75) is 44.3 Å². The highest BCUT2D eigenvalue weighted by Gasteiger charge is 2.39. The molecule has 0 aromatic carbocycles. The van der Waals surface area contributed by atoms with Crippen LogP contribution in [-0.4, -0.2) is 22.2 Å². The summed E-state index contributed by atoms with van der Waals surface area (Å²) in [5.74, 6) is 0. The zero-order valence-corrected chi connectivity index (χ0v) is 6.62. The molecule has 0 radical (unpaired) electrons. The summed E-state index contributed by atoms with van der Waals surface area (Å²) in [6, 6.07) is 0. The van der Waals surface area contributed by atoms with Gasteiger partial charge in [0.25, 0.3) is 0 Å². The van der Waals surface area contributed by atoms with Crippen LogP contribution in [0.5, 0.6) is 0 Å². The highest BCUT2D eigenvalue weighted by molar-refractivity contribution is 4.87. The van der Waals surface area contributed by atoms with Gasteiger partial charge in [-0.25, -0.2) is 9.78 Å². The van der Waals surface area contributed by atoms with Gasteiger partial charge in [0.15, 0.2) is 0 Å². The van der Waals surface area contributed by atoms with E-state index in [1.807, 2.05) is 0 Å². The van der Waals surface area contributed by atoms with Gasteiger partial charge in [0, 0.05) is 0 Å². The molecule has 0 saturated heterocycles. The second kappa shape index (κ2) is 3.49. The zero-order valence-electron chi connectivity index (χ0n) is 6.62. The number of hydrogen-bond donors (Lipinski definition) is 2. The number of hydrogen-bond acceptors (Lipinski definition) is 4. The van der Waals surface area contributed by atoms with Crippen molar-refractivity contribution in [2.24, 2.45) is 0 Å². The van der Waals surface area contributed by atoms with Crippen molar-refractivity contribution in [1.29, 1.82) is 0 Å². The standard InChI is InChI=1S/C7H14O4/c1-7(11-9)5-3-2-4-6(7)10-8/h6,8-9H,2-5H2,1H3. The lowest BCUT2D eigenvalue weighted by Crippen LogP contribution is -2.45. The minimum atomic E-state index is -0.729. The van der Waals surface area contributed by atoms with Gasteiger partial charge in [-0.1, -0.05) is 12.8 Å². The first-order chi connectivity index (χ1) is 5.23. The van der Waals surface area contributed by atoms with Gasteiger partial charge in [-0.3, -0.25) is 10.5 Å². The minimum Gasteiger partial charge on any atom is -0.251 e. The smallest absolute Gasteiger partial charge is 0.130 e. The monoisotopic (exact) mass is 162 g/mol. The third-order valence-corrected chi connectivity index (χ3v) is 2.41. The molecule has 0 aromatic rings. The van der Waals surface area contributed by atoms with Gasteiger partial charge >= 0.3 is 0 Å². The van der Waals surface area contributed by atoms with E-state index in [-0.39, 0.29) is 0 Å². The van der Waals surface area contributed by atoms with Crippen molar-refractivity contribution in [1.82, 2.24) is 0 Å². The van der Waals surface area contributed by atoms with E-state index < -0.39 is 11.7 Å². The zero-order chi connectivity index (χ0) is 8.32. The molecule has 2 atom stereocenters. The summed E-state index contributed by atoms with van der Waals surface area (Å²) in [5, 5.41) is 17.0. The average molecular weight is 162 g/mol. The largest absolute Gasteiger partial charge is 0.251 e. The van der Waals surface area contributed by atoms with Crippen LogP contribution in [-0.2, 0) is 9.78 Å². The number of rotatable bonds is 2. The van der Waals surface area contributed by atoms with E-state index in [9.17, 15) is 0 Å². The Morgan fingerprint density at radius 2 is 2.09 bits per heavy atom. The van der Waals surface area contributed by atoms with Gasteiger partial charge in [0.1, 0.15) is 11.7 Å². The fraction of sp³-hybridized carbons (Fsp3) is 1.00. The summed E-state index contributed by atoms with van der Waals surface area (Å²) in [6.07, 6.45) is 3.05. The molecule has 0 aliphatic heterocycles. The summed E-state index contributed by atoms with van der Waals surface area (Å²) in [5.41, 5.74) is -0.729. The van der Waals surface area contributed by atoms with Gasteiger partial charge < -0.3 is 0 Å². The Labute approximate surface area is 65.6 Å². The normalized spacial score (nSPS) is 39.0. The molecular formula is C7H14O4. The van der Waals surface area contributed by atoms with E-state index in [1.54, 1.807) is 6.92 Å². The van der Waals surface area contributed by atoms with Crippen LogP contribution < -0.4 is 0 Å². The average Bonchev–Trinajstić information content (AvgIpc) is 2.05. The third-order valence-electron chi connectivity index (χ3n) is 2.41. The van der Waals surface area contributed by atoms with Crippen molar-refractivity contribution < 1.29 is 20.3 Å². The Morgan fingerprint density at radius 3 is 2.55 bits per heavy atom. The molecule has 4 nitrogen and oxygen atoms in total. The van der Waals surface area contributed by atoms with E-state index in [1.165, 1.54) is 0 Å². The van der Waals surface area contributed by atoms with E-state index in [2.05, 4.69) is 9.78 Å². The molecule has 1 rings (SSSR count). The van der Waals surface area contributed by atoms with Gasteiger partial charge in [-0.2, -0.15) is 0 Å². The summed E-state index contributed by atoms with van der Waals surface area (Å²) in [7, 11) is 0. The van der Waals surface area contributed by atoms with Crippen LogP contribution in [0.4, 0.5) is 0 Å². The second-order valence-electron chi connectivity index (χ2n) is 3.24. The molecule has 66 valence electrons. The first-order valence-corrected chi connectivity index (χ1v) is 3.86. The SMILES string of the molecule is CC1(OO)CCCCC1OO. The molecular weight excluding hydrogens is 148 g/mol. The van der Waals surface area contributed by atoms with Gasteiger partial charge in [0.05, 0.1) is 0 Å². The molecule has 2 N–H and O–H groups in total. The molecule has 1 fully saturated rings. The summed E-state index contributed by atoms with van der Waals surface area (Å²) < 4.78 is 0. The molecule has 1 aliphatic carbocycles. The van der Waals surface area contributed by atoms with Crippen molar-refractivity contribution in [3.63, 3.8) is 0 Å². The fourth-order valence-electron chi connectivity index (χ4n) is 1.54. The molecule has 4 heteroatoms. The van der Waals surface area contributed by atoms with Crippen LogP contribution in [0.3, 0.4) is 0 Å². The molecule has 1 saturated carbocycles. The molecule has 0 bridgehead atoms. The van der Waals surface area contributed by atoms with Crippen molar-refractivity contribution in [2.75, 3.05) is 0 Å². The maximum atomic E-state index is 8.56. The van der Waals surface area contributed by atoms with E-state index in [0.29, 0.717) is 6.42 Å². The molecule has 0 aromatic heterocycles. The Morgan fingerprint density at radius 1 is 1.36 bits per heavy atom. The highest BCUT2D eigenvalue weighted by atomic mass is 17.1. The quantitative estimate of drug-likeness (QED) is 0.479. The predicted octanol–water partition coefficient (Wildman–Crippen LogP) is 1.67. The molecule has 1 aliphatic rings. The third kappa shape index (κ3) is 1.70. The van der Waals surface area contributed by atoms with Gasteiger partial charge in [-0.05, 0) is 19.8 Å². The lowest BCUT2D eigenvalue weighted by atomic mass is 9.84. The van der Waals surface area contributed by atoms with Crippen LogP contribution in [0.2, 0.25) is 0 Å². The van der Waals surface area contributed by atoms with E-state index in [4.69, 9.17) is 10.5 Å². The maximum absolute atomic E-state index is 8.56. The van der Waals surface area contributed by atoms with Crippen molar-refractivity contribution >= 4 is 0 Å².